The second-order valence-electron chi connectivity index (χ2n) is 9.85. The summed E-state index contributed by atoms with van der Waals surface area (Å²) < 4.78 is 5.73. The average Bonchev–Trinajstić information content (AvgIpc) is 3.40. The lowest BCUT2D eigenvalue weighted by molar-refractivity contribution is -0.150. The summed E-state index contributed by atoms with van der Waals surface area (Å²) in [6.07, 6.45) is 4.80. The van der Waals surface area contributed by atoms with Crippen LogP contribution in [0.25, 0.3) is 11.1 Å². The highest BCUT2D eigenvalue weighted by atomic mass is 16.5. The van der Waals surface area contributed by atoms with Gasteiger partial charge in [0.2, 0.25) is 5.91 Å². The number of carbonyl (C=O) groups is 3. The van der Waals surface area contributed by atoms with Crippen molar-refractivity contribution in [3.8, 4) is 11.1 Å². The maximum atomic E-state index is 13.4. The number of amides is 2. The number of hydrogen-bond acceptors (Lipinski definition) is 4. The molecule has 35 heavy (non-hydrogen) atoms. The first-order valence-corrected chi connectivity index (χ1v) is 12.7. The number of ether oxygens (including phenoxy) is 1. The Hall–Kier alpha value is -3.35. The van der Waals surface area contributed by atoms with Crippen LogP contribution >= 0.6 is 0 Å². The number of aliphatic carboxylic acids is 1. The molecule has 0 bridgehead atoms. The first kappa shape index (κ1) is 23.4. The largest absolute Gasteiger partial charge is 0.480 e. The average molecular weight is 477 g/mol. The van der Waals surface area contributed by atoms with Gasteiger partial charge >= 0.3 is 12.1 Å². The number of alkyl carbamates (subject to hydrolysis) is 1. The van der Waals surface area contributed by atoms with E-state index in [4.69, 9.17) is 4.74 Å². The molecule has 0 radical (unpaired) electrons. The minimum absolute atomic E-state index is 0.0272. The molecule has 7 heteroatoms. The molecule has 2 aliphatic carbocycles. The molecule has 7 nitrogen and oxygen atoms in total. The number of nitrogens with one attached hydrogen (secondary N) is 1. The number of fused-ring (bicyclic) bond motifs is 3. The van der Waals surface area contributed by atoms with Crippen molar-refractivity contribution in [1.29, 1.82) is 0 Å². The van der Waals surface area contributed by atoms with Crippen LogP contribution in [0, 0.1) is 5.92 Å². The fourth-order valence-electron chi connectivity index (χ4n) is 6.07. The second kappa shape index (κ2) is 10.1. The number of benzene rings is 2. The quantitative estimate of drug-likeness (QED) is 0.618. The summed E-state index contributed by atoms with van der Waals surface area (Å²) >= 11 is 0. The van der Waals surface area contributed by atoms with Gasteiger partial charge < -0.3 is 20.1 Å². The summed E-state index contributed by atoms with van der Waals surface area (Å²) in [5, 5.41) is 12.5. The molecule has 2 aromatic carbocycles. The van der Waals surface area contributed by atoms with Gasteiger partial charge in [-0.05, 0) is 47.9 Å². The van der Waals surface area contributed by atoms with Gasteiger partial charge in [-0.15, -0.1) is 0 Å². The van der Waals surface area contributed by atoms with Crippen LogP contribution in [0.2, 0.25) is 0 Å². The van der Waals surface area contributed by atoms with Crippen molar-refractivity contribution in [2.24, 2.45) is 5.92 Å². The Kier molecular flexibility index (Phi) is 6.75. The zero-order valence-corrected chi connectivity index (χ0v) is 19.8. The number of carboxylic acids is 1. The fraction of sp³-hybridized carbons (Fsp3) is 0.464. The van der Waals surface area contributed by atoms with Crippen LogP contribution < -0.4 is 5.32 Å². The number of rotatable bonds is 5. The smallest absolute Gasteiger partial charge is 0.407 e. The lowest BCUT2D eigenvalue weighted by Crippen LogP contribution is -2.50. The number of carbonyl (C=O) groups excluding carboxylic acids is 2. The van der Waals surface area contributed by atoms with Crippen molar-refractivity contribution in [2.45, 2.75) is 62.9 Å². The molecule has 2 fully saturated rings. The Bertz CT molecular complexity index is 1070. The Morgan fingerprint density at radius 2 is 1.54 bits per heavy atom. The Morgan fingerprint density at radius 1 is 0.886 bits per heavy atom. The number of carboxylic acid groups (broad SMARTS) is 1. The molecule has 5 rings (SSSR count). The van der Waals surface area contributed by atoms with Gasteiger partial charge in [0, 0.05) is 18.5 Å². The van der Waals surface area contributed by atoms with Crippen molar-refractivity contribution >= 4 is 18.0 Å². The first-order chi connectivity index (χ1) is 17.0. The molecule has 3 aliphatic rings. The third-order valence-corrected chi connectivity index (χ3v) is 7.80. The van der Waals surface area contributed by atoms with Crippen LogP contribution in [0.15, 0.2) is 48.5 Å². The molecule has 0 unspecified atom stereocenters. The van der Waals surface area contributed by atoms with Crippen LogP contribution in [-0.4, -0.2) is 53.2 Å². The summed E-state index contributed by atoms with van der Waals surface area (Å²) in [5.41, 5.74) is 4.64. The Morgan fingerprint density at radius 3 is 2.23 bits per heavy atom. The van der Waals surface area contributed by atoms with E-state index in [0.717, 1.165) is 30.4 Å². The molecule has 184 valence electrons. The predicted molar refractivity (Wildman–Crippen MR) is 131 cm³/mol. The molecule has 0 aromatic heterocycles. The molecular weight excluding hydrogens is 444 g/mol. The summed E-state index contributed by atoms with van der Waals surface area (Å²) in [7, 11) is 0. The van der Waals surface area contributed by atoms with Crippen molar-refractivity contribution in [2.75, 3.05) is 13.2 Å². The van der Waals surface area contributed by atoms with Gasteiger partial charge in [0.1, 0.15) is 12.6 Å². The van der Waals surface area contributed by atoms with Gasteiger partial charge in [-0.25, -0.2) is 9.59 Å². The van der Waals surface area contributed by atoms with Gasteiger partial charge in [0.25, 0.3) is 0 Å². The normalized spacial score (nSPS) is 23.8. The van der Waals surface area contributed by atoms with Gasteiger partial charge in [-0.3, -0.25) is 4.79 Å². The van der Waals surface area contributed by atoms with E-state index in [2.05, 4.69) is 29.6 Å². The molecular formula is C28H32N2O5. The van der Waals surface area contributed by atoms with Crippen LogP contribution in [-0.2, 0) is 14.3 Å². The topological polar surface area (TPSA) is 95.9 Å². The van der Waals surface area contributed by atoms with E-state index in [1.165, 1.54) is 16.0 Å². The maximum absolute atomic E-state index is 13.4. The maximum Gasteiger partial charge on any atom is 0.407 e. The standard InChI is InChI=1S/C28H32N2O5/c31-26(30-16-8-15-25(30)27(32)33)22-13-2-1-3-14-24(22)29-28(34)35-17-23-20-11-6-4-9-18(20)19-10-5-7-12-21(19)23/h4-7,9-12,22-25H,1-3,8,13-17H2,(H,29,34)(H,32,33)/t22-,24+,25+/m1/s1. The molecule has 1 heterocycles. The number of likely N-dealkylation sites (tertiary alicyclic amines) is 1. The van der Waals surface area contributed by atoms with Gasteiger partial charge in [-0.1, -0.05) is 67.8 Å². The third kappa shape index (κ3) is 4.64. The first-order valence-electron chi connectivity index (χ1n) is 12.7. The Labute approximate surface area is 205 Å². The van der Waals surface area contributed by atoms with E-state index in [9.17, 15) is 19.5 Å². The molecule has 1 saturated heterocycles. The van der Waals surface area contributed by atoms with Gasteiger partial charge in [0.15, 0.2) is 0 Å². The molecule has 0 spiro atoms. The summed E-state index contributed by atoms with van der Waals surface area (Å²) in [6.45, 7) is 0.683. The number of hydrogen-bond donors (Lipinski definition) is 2. The van der Waals surface area contributed by atoms with Crippen molar-refractivity contribution < 1.29 is 24.2 Å². The molecule has 2 aromatic rings. The van der Waals surface area contributed by atoms with E-state index in [1.54, 1.807) is 0 Å². The predicted octanol–water partition coefficient (Wildman–Crippen LogP) is 4.55. The summed E-state index contributed by atoms with van der Waals surface area (Å²) in [4.78, 5) is 39.4. The van der Waals surface area contributed by atoms with Crippen LogP contribution in [0.5, 0.6) is 0 Å². The molecule has 2 N–H and O–H groups in total. The molecule has 3 atom stereocenters. The second-order valence-corrected chi connectivity index (χ2v) is 9.85. The van der Waals surface area contributed by atoms with E-state index in [1.807, 2.05) is 24.3 Å². The lowest BCUT2D eigenvalue weighted by atomic mass is 9.93. The minimum atomic E-state index is -0.953. The third-order valence-electron chi connectivity index (χ3n) is 7.80. The highest BCUT2D eigenvalue weighted by Gasteiger charge is 2.40. The van der Waals surface area contributed by atoms with E-state index >= 15 is 0 Å². The molecule has 1 saturated carbocycles. The zero-order chi connectivity index (χ0) is 24.4. The van der Waals surface area contributed by atoms with E-state index < -0.39 is 24.0 Å². The number of nitrogens with zero attached hydrogens (tertiary/aromatic N) is 1. The van der Waals surface area contributed by atoms with Crippen LogP contribution in [0.1, 0.15) is 62.0 Å². The van der Waals surface area contributed by atoms with Crippen molar-refractivity contribution in [3.05, 3.63) is 59.7 Å². The molecule has 1 aliphatic heterocycles. The zero-order valence-electron chi connectivity index (χ0n) is 19.8. The van der Waals surface area contributed by atoms with E-state index in [-0.39, 0.29) is 24.5 Å². The Balaban J connectivity index is 1.26. The highest BCUT2D eigenvalue weighted by molar-refractivity contribution is 5.86. The minimum Gasteiger partial charge on any atom is -0.480 e. The van der Waals surface area contributed by atoms with Gasteiger partial charge in [-0.2, -0.15) is 0 Å². The van der Waals surface area contributed by atoms with Crippen LogP contribution in [0.4, 0.5) is 4.79 Å². The SMILES string of the molecule is O=C(N[C@H]1CCCCC[C@H]1C(=O)N1CCC[C@H]1C(=O)O)OCC1c2ccccc2-c2ccccc21. The summed E-state index contributed by atoms with van der Waals surface area (Å²) in [5.74, 6) is -1.55. The lowest BCUT2D eigenvalue weighted by Gasteiger charge is -2.31. The van der Waals surface area contributed by atoms with Crippen molar-refractivity contribution in [3.63, 3.8) is 0 Å². The summed E-state index contributed by atoms with van der Waals surface area (Å²) in [6, 6.07) is 15.3. The molecule has 2 amide bonds. The van der Waals surface area contributed by atoms with Crippen LogP contribution in [0.3, 0.4) is 0 Å². The highest BCUT2D eigenvalue weighted by Crippen LogP contribution is 2.44. The van der Waals surface area contributed by atoms with E-state index in [0.29, 0.717) is 32.2 Å². The van der Waals surface area contributed by atoms with Gasteiger partial charge in [0.05, 0.1) is 5.92 Å². The monoisotopic (exact) mass is 476 g/mol. The van der Waals surface area contributed by atoms with Crippen molar-refractivity contribution in [1.82, 2.24) is 10.2 Å². The fourth-order valence-corrected chi connectivity index (χ4v) is 6.07.